The average molecular weight is 281 g/mol. The van der Waals surface area contributed by atoms with E-state index in [1.807, 2.05) is 18.2 Å². The Hall–Kier alpha value is -1.62. The van der Waals surface area contributed by atoms with Crippen molar-refractivity contribution >= 4 is 12.6 Å². The largest absolute Gasteiger partial charge is 0.488 e. The van der Waals surface area contributed by atoms with E-state index in [0.717, 1.165) is 38.0 Å². The molecule has 0 saturated carbocycles. The molecular weight excluding hydrogens is 261 g/mol. The van der Waals surface area contributed by atoms with Crippen molar-refractivity contribution in [1.29, 1.82) is 0 Å². The quantitative estimate of drug-likeness (QED) is 0.834. The molecule has 2 aromatic rings. The minimum absolute atomic E-state index is 0.607. The minimum Gasteiger partial charge on any atom is -0.423 e. The van der Waals surface area contributed by atoms with Gasteiger partial charge in [-0.3, -0.25) is 4.90 Å². The lowest BCUT2D eigenvalue weighted by molar-refractivity contribution is 0.261. The molecule has 3 rings (SSSR count). The van der Waals surface area contributed by atoms with Crippen LogP contribution < -0.4 is 5.46 Å². The highest BCUT2D eigenvalue weighted by molar-refractivity contribution is 6.59. The van der Waals surface area contributed by atoms with E-state index >= 15 is 0 Å². The van der Waals surface area contributed by atoms with Crippen LogP contribution in [0, 0.1) is 0 Å². The van der Waals surface area contributed by atoms with Crippen LogP contribution in [0.15, 0.2) is 48.5 Å². The maximum absolute atomic E-state index is 9.48. The average Bonchev–Trinajstić information content (AvgIpc) is 2.69. The normalized spacial score (nSPS) is 15.3. The Balaban J connectivity index is 1.80. The van der Waals surface area contributed by atoms with E-state index < -0.39 is 7.12 Å². The monoisotopic (exact) mass is 281 g/mol. The predicted octanol–water partition coefficient (Wildman–Crippen LogP) is 1.31. The Morgan fingerprint density at radius 1 is 0.952 bits per heavy atom. The van der Waals surface area contributed by atoms with Gasteiger partial charge in [0, 0.05) is 13.1 Å². The van der Waals surface area contributed by atoms with Gasteiger partial charge in [-0.15, -0.1) is 0 Å². The second-order valence-electron chi connectivity index (χ2n) is 5.66. The van der Waals surface area contributed by atoms with Crippen LogP contribution in [0.3, 0.4) is 0 Å². The lowest BCUT2D eigenvalue weighted by atomic mass is 9.77. The second-order valence-corrected chi connectivity index (χ2v) is 5.66. The van der Waals surface area contributed by atoms with Crippen LogP contribution in [0.25, 0.3) is 0 Å². The molecular formula is C17H20BNO2. The summed E-state index contributed by atoms with van der Waals surface area (Å²) in [5.74, 6) is 0. The fourth-order valence-corrected chi connectivity index (χ4v) is 3.07. The van der Waals surface area contributed by atoms with Gasteiger partial charge >= 0.3 is 7.12 Å². The number of benzene rings is 2. The third kappa shape index (κ3) is 3.35. The Kier molecular flexibility index (Phi) is 4.39. The van der Waals surface area contributed by atoms with Crippen LogP contribution >= 0.6 is 0 Å². The van der Waals surface area contributed by atoms with E-state index in [1.54, 1.807) is 6.07 Å². The van der Waals surface area contributed by atoms with Gasteiger partial charge in [-0.1, -0.05) is 48.5 Å². The molecule has 2 N–H and O–H groups in total. The maximum Gasteiger partial charge on any atom is 0.488 e. The van der Waals surface area contributed by atoms with Crippen molar-refractivity contribution < 1.29 is 10.0 Å². The second kappa shape index (κ2) is 6.44. The summed E-state index contributed by atoms with van der Waals surface area (Å²) in [5.41, 5.74) is 4.43. The molecule has 0 spiro atoms. The number of fused-ring (bicyclic) bond motifs is 1. The van der Waals surface area contributed by atoms with E-state index in [2.05, 4.69) is 29.2 Å². The zero-order valence-electron chi connectivity index (χ0n) is 12.1. The van der Waals surface area contributed by atoms with Crippen molar-refractivity contribution in [2.45, 2.75) is 25.9 Å². The molecule has 108 valence electrons. The first-order chi connectivity index (χ1) is 10.2. The van der Waals surface area contributed by atoms with Gasteiger partial charge in [0.1, 0.15) is 0 Å². The summed E-state index contributed by atoms with van der Waals surface area (Å²) in [7, 11) is -1.40. The van der Waals surface area contributed by atoms with Crippen molar-refractivity contribution in [3.8, 4) is 0 Å². The molecule has 1 aliphatic heterocycles. The van der Waals surface area contributed by atoms with Gasteiger partial charge in [0.2, 0.25) is 0 Å². The molecule has 3 nitrogen and oxygen atoms in total. The number of nitrogens with zero attached hydrogens (tertiary/aromatic N) is 1. The standard InChI is InChI=1S/C17H20BNO2/c20-18(21)17-10-4-3-8-16(17)13-19-11-5-9-14-6-1-2-7-15(14)12-19/h1-4,6-8,10,20-21H,5,9,11-13H2. The summed E-state index contributed by atoms with van der Waals surface area (Å²) in [5, 5.41) is 19.0. The molecule has 1 aliphatic rings. The Labute approximate surface area is 126 Å². The zero-order valence-corrected chi connectivity index (χ0v) is 12.1. The number of aryl methyl sites for hydroxylation is 1. The van der Waals surface area contributed by atoms with Gasteiger partial charge in [-0.05, 0) is 41.5 Å². The van der Waals surface area contributed by atoms with E-state index in [1.165, 1.54) is 11.1 Å². The van der Waals surface area contributed by atoms with Crippen molar-refractivity contribution in [3.63, 3.8) is 0 Å². The third-order valence-electron chi connectivity index (χ3n) is 4.16. The molecule has 21 heavy (non-hydrogen) atoms. The van der Waals surface area contributed by atoms with Gasteiger partial charge in [0.05, 0.1) is 0 Å². The third-order valence-corrected chi connectivity index (χ3v) is 4.16. The molecule has 0 bridgehead atoms. The van der Waals surface area contributed by atoms with Crippen LogP contribution in [-0.4, -0.2) is 28.6 Å². The summed E-state index contributed by atoms with van der Waals surface area (Å²) in [6.45, 7) is 2.71. The highest BCUT2D eigenvalue weighted by atomic mass is 16.4. The van der Waals surface area contributed by atoms with Crippen LogP contribution in [0.5, 0.6) is 0 Å². The predicted molar refractivity (Wildman–Crippen MR) is 85.1 cm³/mol. The molecule has 0 unspecified atom stereocenters. The smallest absolute Gasteiger partial charge is 0.423 e. The molecule has 0 aliphatic carbocycles. The van der Waals surface area contributed by atoms with Gasteiger partial charge in [0.25, 0.3) is 0 Å². The van der Waals surface area contributed by atoms with Crippen molar-refractivity contribution in [3.05, 3.63) is 65.2 Å². The fraction of sp³-hybridized carbons (Fsp3) is 0.294. The molecule has 0 fully saturated rings. The van der Waals surface area contributed by atoms with Gasteiger partial charge < -0.3 is 10.0 Å². The fourth-order valence-electron chi connectivity index (χ4n) is 3.07. The highest BCUT2D eigenvalue weighted by Crippen LogP contribution is 2.19. The lowest BCUT2D eigenvalue weighted by Crippen LogP contribution is -2.35. The first-order valence-electron chi connectivity index (χ1n) is 7.47. The van der Waals surface area contributed by atoms with Crippen LogP contribution in [0.4, 0.5) is 0 Å². The van der Waals surface area contributed by atoms with Crippen molar-refractivity contribution in [2.24, 2.45) is 0 Å². The van der Waals surface area contributed by atoms with E-state index in [4.69, 9.17) is 0 Å². The van der Waals surface area contributed by atoms with E-state index in [9.17, 15) is 10.0 Å². The van der Waals surface area contributed by atoms with Crippen LogP contribution in [0.2, 0.25) is 0 Å². The van der Waals surface area contributed by atoms with E-state index in [0.29, 0.717) is 5.46 Å². The SMILES string of the molecule is OB(O)c1ccccc1CN1CCCc2ccccc2C1. The first kappa shape index (κ1) is 14.3. The summed E-state index contributed by atoms with van der Waals surface area (Å²) in [6, 6.07) is 16.2. The topological polar surface area (TPSA) is 43.7 Å². The molecule has 0 radical (unpaired) electrons. The maximum atomic E-state index is 9.48. The number of hydrogen-bond donors (Lipinski definition) is 2. The molecule has 0 aromatic heterocycles. The summed E-state index contributed by atoms with van der Waals surface area (Å²) in [4.78, 5) is 2.38. The minimum atomic E-state index is -1.40. The van der Waals surface area contributed by atoms with Gasteiger partial charge in [-0.25, -0.2) is 0 Å². The van der Waals surface area contributed by atoms with Crippen molar-refractivity contribution in [2.75, 3.05) is 6.54 Å². The zero-order chi connectivity index (χ0) is 14.7. The highest BCUT2D eigenvalue weighted by Gasteiger charge is 2.19. The molecule has 0 saturated heterocycles. The van der Waals surface area contributed by atoms with Crippen LogP contribution in [0.1, 0.15) is 23.1 Å². The van der Waals surface area contributed by atoms with Crippen molar-refractivity contribution in [1.82, 2.24) is 4.90 Å². The summed E-state index contributed by atoms with van der Waals surface area (Å²) >= 11 is 0. The first-order valence-corrected chi connectivity index (χ1v) is 7.47. The van der Waals surface area contributed by atoms with E-state index in [-0.39, 0.29) is 0 Å². The number of rotatable bonds is 3. The lowest BCUT2D eigenvalue weighted by Gasteiger charge is -2.22. The Morgan fingerprint density at radius 2 is 1.67 bits per heavy atom. The molecule has 0 amide bonds. The van der Waals surface area contributed by atoms with Gasteiger partial charge in [-0.2, -0.15) is 0 Å². The molecule has 1 heterocycles. The van der Waals surface area contributed by atoms with Crippen LogP contribution in [-0.2, 0) is 19.5 Å². The van der Waals surface area contributed by atoms with Gasteiger partial charge in [0.15, 0.2) is 0 Å². The Morgan fingerprint density at radius 3 is 2.48 bits per heavy atom. The summed E-state index contributed by atoms with van der Waals surface area (Å²) in [6.07, 6.45) is 2.26. The molecule has 2 aromatic carbocycles. The molecule has 0 atom stereocenters. The molecule has 4 heteroatoms. The number of hydrogen-bond acceptors (Lipinski definition) is 3. The Bertz CT molecular complexity index is 615. The summed E-state index contributed by atoms with van der Waals surface area (Å²) < 4.78 is 0.